The fourth-order valence-corrected chi connectivity index (χ4v) is 2.82. The number of benzene rings is 1. The highest BCUT2D eigenvalue weighted by Gasteiger charge is 2.08. The van der Waals surface area contributed by atoms with E-state index in [2.05, 4.69) is 5.32 Å². The first-order chi connectivity index (χ1) is 13.9. The molecule has 0 spiro atoms. The van der Waals surface area contributed by atoms with Crippen molar-refractivity contribution in [2.45, 2.75) is 71.6 Å². The summed E-state index contributed by atoms with van der Waals surface area (Å²) in [5.41, 5.74) is 1.67. The minimum atomic E-state index is -0.117. The van der Waals surface area contributed by atoms with E-state index < -0.39 is 0 Å². The van der Waals surface area contributed by atoms with Crippen molar-refractivity contribution in [2.75, 3.05) is 18.5 Å². The zero-order valence-electron chi connectivity index (χ0n) is 17.6. The van der Waals surface area contributed by atoms with Crippen molar-refractivity contribution in [3.63, 3.8) is 0 Å². The lowest BCUT2D eigenvalue weighted by molar-refractivity contribution is -0.126. The van der Waals surface area contributed by atoms with Gasteiger partial charge in [-0.25, -0.2) is 0 Å². The van der Waals surface area contributed by atoms with Crippen LogP contribution in [0.5, 0.6) is 0 Å². The normalized spacial score (nSPS) is 10.6. The average Bonchev–Trinajstić information content (AvgIpc) is 2.67. The lowest BCUT2D eigenvalue weighted by atomic mass is 10.0. The summed E-state index contributed by atoms with van der Waals surface area (Å²) in [4.78, 5) is 46.3. The Morgan fingerprint density at radius 2 is 1.55 bits per heavy atom. The summed E-state index contributed by atoms with van der Waals surface area (Å²) in [6.45, 7) is 4.80. The van der Waals surface area contributed by atoms with Gasteiger partial charge in [0.25, 0.3) is 0 Å². The Bertz CT molecular complexity index is 666. The van der Waals surface area contributed by atoms with Crippen molar-refractivity contribution < 1.29 is 23.9 Å². The molecule has 0 unspecified atom stereocenters. The summed E-state index contributed by atoms with van der Waals surface area (Å²) in [7, 11) is 0. The minimum absolute atomic E-state index is 0.0106. The van der Waals surface area contributed by atoms with Crippen molar-refractivity contribution >= 4 is 28.9 Å². The van der Waals surface area contributed by atoms with Crippen LogP contribution in [0.2, 0.25) is 0 Å². The molecule has 0 bridgehead atoms. The second kappa shape index (κ2) is 14.6. The van der Waals surface area contributed by atoms with Gasteiger partial charge in [-0.3, -0.25) is 19.2 Å². The van der Waals surface area contributed by atoms with Crippen molar-refractivity contribution in [3.8, 4) is 0 Å². The highest BCUT2D eigenvalue weighted by atomic mass is 16.5. The summed E-state index contributed by atoms with van der Waals surface area (Å²) in [6.07, 6.45) is 4.37. The predicted molar refractivity (Wildman–Crippen MR) is 113 cm³/mol. The predicted octanol–water partition coefficient (Wildman–Crippen LogP) is 4.05. The van der Waals surface area contributed by atoms with Crippen LogP contribution in [0.15, 0.2) is 24.3 Å². The zero-order valence-corrected chi connectivity index (χ0v) is 17.6. The maximum absolute atomic E-state index is 12.0. The van der Waals surface area contributed by atoms with Gasteiger partial charge in [-0.05, 0) is 50.3 Å². The van der Waals surface area contributed by atoms with E-state index in [0.717, 1.165) is 25.0 Å². The van der Waals surface area contributed by atoms with Gasteiger partial charge in [-0.1, -0.05) is 19.1 Å². The molecule has 0 aliphatic rings. The van der Waals surface area contributed by atoms with Crippen LogP contribution in [-0.2, 0) is 30.3 Å². The quantitative estimate of drug-likeness (QED) is 0.332. The highest BCUT2D eigenvalue weighted by Crippen LogP contribution is 2.13. The van der Waals surface area contributed by atoms with Crippen LogP contribution in [0.1, 0.15) is 70.8 Å². The molecule has 0 aromatic heterocycles. The van der Waals surface area contributed by atoms with Gasteiger partial charge in [0.05, 0.1) is 6.42 Å². The van der Waals surface area contributed by atoms with Gasteiger partial charge in [-0.15, -0.1) is 0 Å². The summed E-state index contributed by atoms with van der Waals surface area (Å²) in [5, 5.41) is 2.82. The Labute approximate surface area is 173 Å². The molecular formula is C23H33NO5. The third-order valence-electron chi connectivity index (χ3n) is 4.33. The Morgan fingerprint density at radius 1 is 0.862 bits per heavy atom. The summed E-state index contributed by atoms with van der Waals surface area (Å²) >= 11 is 0. The number of aryl methyl sites for hydroxylation is 1. The van der Waals surface area contributed by atoms with Gasteiger partial charge in [0.2, 0.25) is 5.91 Å². The van der Waals surface area contributed by atoms with Crippen LogP contribution < -0.4 is 5.32 Å². The molecule has 6 heteroatoms. The number of ketones is 3. The molecule has 1 amide bonds. The van der Waals surface area contributed by atoms with Crippen molar-refractivity contribution in [1.82, 2.24) is 0 Å². The monoisotopic (exact) mass is 403 g/mol. The van der Waals surface area contributed by atoms with Gasteiger partial charge >= 0.3 is 0 Å². The molecule has 0 atom stereocenters. The highest BCUT2D eigenvalue weighted by molar-refractivity contribution is 5.98. The summed E-state index contributed by atoms with van der Waals surface area (Å²) in [6, 6.07) is 7.32. The number of hydrogen-bond donors (Lipinski definition) is 1. The number of rotatable bonds is 16. The maximum atomic E-state index is 12.0. The first-order valence-electron chi connectivity index (χ1n) is 10.4. The number of hydrogen-bond acceptors (Lipinski definition) is 5. The number of Topliss-reactive ketones (excluding diaryl/α,β-unsaturated/α-hetero) is 3. The number of amides is 1. The summed E-state index contributed by atoms with van der Waals surface area (Å²) < 4.78 is 5.35. The van der Waals surface area contributed by atoms with Crippen LogP contribution in [0.4, 0.5) is 5.69 Å². The minimum Gasteiger partial charge on any atom is -0.381 e. The summed E-state index contributed by atoms with van der Waals surface area (Å²) in [5.74, 6) is -0.122. The van der Waals surface area contributed by atoms with Crippen LogP contribution in [-0.4, -0.2) is 36.5 Å². The smallest absolute Gasteiger partial charge is 0.224 e. The molecule has 0 radical (unpaired) electrons. The number of nitrogens with one attached hydrogen (secondary N) is 1. The Balaban J connectivity index is 2.21. The van der Waals surface area contributed by atoms with E-state index in [1.54, 1.807) is 12.1 Å². The molecule has 160 valence electrons. The number of anilines is 1. The molecule has 0 aliphatic carbocycles. The molecule has 0 heterocycles. The van der Waals surface area contributed by atoms with E-state index in [0.29, 0.717) is 50.8 Å². The second-order valence-corrected chi connectivity index (χ2v) is 7.27. The largest absolute Gasteiger partial charge is 0.381 e. The van der Waals surface area contributed by atoms with E-state index in [9.17, 15) is 19.2 Å². The second-order valence-electron chi connectivity index (χ2n) is 7.27. The molecule has 29 heavy (non-hydrogen) atoms. The Hall–Kier alpha value is -2.34. The number of carbonyl (C=O) groups is 4. The maximum Gasteiger partial charge on any atom is 0.224 e. The van der Waals surface area contributed by atoms with Crippen molar-refractivity contribution in [1.29, 1.82) is 0 Å². The van der Waals surface area contributed by atoms with Crippen LogP contribution in [0.3, 0.4) is 0 Å². The van der Waals surface area contributed by atoms with Crippen molar-refractivity contribution in [3.05, 3.63) is 29.8 Å². The molecule has 1 N–H and O–H groups in total. The molecule has 1 aromatic rings. The van der Waals surface area contributed by atoms with Crippen LogP contribution in [0.25, 0.3) is 0 Å². The van der Waals surface area contributed by atoms with Gasteiger partial charge in [-0.2, -0.15) is 0 Å². The van der Waals surface area contributed by atoms with Gasteiger partial charge in [0.1, 0.15) is 17.3 Å². The molecule has 1 rings (SSSR count). The molecule has 0 aliphatic heterocycles. The van der Waals surface area contributed by atoms with Gasteiger partial charge in [0, 0.05) is 44.6 Å². The first kappa shape index (κ1) is 24.7. The Kier molecular flexibility index (Phi) is 12.5. The third-order valence-corrected chi connectivity index (χ3v) is 4.33. The molecular weight excluding hydrogens is 370 g/mol. The van der Waals surface area contributed by atoms with Crippen LogP contribution >= 0.6 is 0 Å². The third kappa shape index (κ3) is 12.7. The fraction of sp³-hybridized carbons (Fsp3) is 0.565. The molecule has 0 saturated heterocycles. The van der Waals surface area contributed by atoms with Gasteiger partial charge in [0.15, 0.2) is 0 Å². The van der Waals surface area contributed by atoms with Crippen molar-refractivity contribution in [2.24, 2.45) is 0 Å². The number of ether oxygens (including phenoxy) is 1. The molecule has 1 aromatic carbocycles. The molecule has 0 saturated carbocycles. The standard InChI is InChI=1S/C23H33NO5/c1-3-15-29-16-5-7-21(26)6-4-8-23(28)24-20-12-9-19(10-13-20)11-14-22(27)17-18(2)25/h9-10,12-13H,3-8,11,14-17H2,1-2H3,(H,24,28). The SMILES string of the molecule is CCCOCCCC(=O)CCCC(=O)Nc1ccc(CCC(=O)CC(C)=O)cc1. The first-order valence-corrected chi connectivity index (χ1v) is 10.4. The lowest BCUT2D eigenvalue weighted by Crippen LogP contribution is -2.12. The van der Waals surface area contributed by atoms with E-state index in [1.807, 2.05) is 19.1 Å². The van der Waals surface area contributed by atoms with Crippen LogP contribution in [0, 0.1) is 0 Å². The topological polar surface area (TPSA) is 89.5 Å². The van der Waals surface area contributed by atoms with E-state index >= 15 is 0 Å². The average molecular weight is 404 g/mol. The van der Waals surface area contributed by atoms with E-state index in [4.69, 9.17) is 4.74 Å². The number of carbonyl (C=O) groups excluding carboxylic acids is 4. The molecule has 0 fully saturated rings. The Morgan fingerprint density at radius 3 is 2.21 bits per heavy atom. The van der Waals surface area contributed by atoms with E-state index in [-0.39, 0.29) is 29.7 Å². The lowest BCUT2D eigenvalue weighted by Gasteiger charge is -2.07. The zero-order chi connectivity index (χ0) is 21.5. The fourth-order valence-electron chi connectivity index (χ4n) is 2.82. The van der Waals surface area contributed by atoms with E-state index in [1.165, 1.54) is 6.92 Å². The molecule has 6 nitrogen and oxygen atoms in total. The van der Waals surface area contributed by atoms with Gasteiger partial charge < -0.3 is 10.1 Å².